The zero-order chi connectivity index (χ0) is 14.0. The summed E-state index contributed by atoms with van der Waals surface area (Å²) in [4.78, 5) is 11.6. The van der Waals surface area contributed by atoms with Gasteiger partial charge in [0.2, 0.25) is 10.0 Å². The van der Waals surface area contributed by atoms with E-state index < -0.39 is 27.2 Å². The third-order valence-electron chi connectivity index (χ3n) is 4.39. The van der Waals surface area contributed by atoms with E-state index >= 15 is 0 Å². The summed E-state index contributed by atoms with van der Waals surface area (Å²) >= 11 is 0. The number of sulfonamides is 1. The van der Waals surface area contributed by atoms with Gasteiger partial charge in [-0.2, -0.15) is 0 Å². The number of hydrogen-bond donors (Lipinski definition) is 1. The zero-order valence-electron chi connectivity index (χ0n) is 11.6. The number of esters is 1. The van der Waals surface area contributed by atoms with Crippen LogP contribution in [0, 0.1) is 17.8 Å². The number of ether oxygens (including phenoxy) is 1. The Labute approximate surface area is 115 Å². The fraction of sp³-hybridized carbons (Fsp3) is 0.923. The zero-order valence-corrected chi connectivity index (χ0v) is 12.4. The Bertz CT molecular complexity index is 430. The first-order valence-corrected chi connectivity index (χ1v) is 8.56. The normalized spacial score (nSPS) is 29.2. The van der Waals surface area contributed by atoms with Gasteiger partial charge in [-0.1, -0.05) is 13.3 Å². The Morgan fingerprint density at radius 3 is 2.58 bits per heavy atom. The van der Waals surface area contributed by atoms with Crippen molar-refractivity contribution in [3.05, 3.63) is 0 Å². The Balaban J connectivity index is 1.95. The van der Waals surface area contributed by atoms with E-state index in [-0.39, 0.29) is 0 Å². The van der Waals surface area contributed by atoms with E-state index in [9.17, 15) is 13.2 Å². The number of carbonyl (C=O) groups is 1. The van der Waals surface area contributed by atoms with Gasteiger partial charge in [-0.3, -0.25) is 4.79 Å². The predicted molar refractivity (Wildman–Crippen MR) is 72.0 cm³/mol. The molecule has 3 atom stereocenters. The molecule has 0 heterocycles. The molecule has 0 amide bonds. The third kappa shape index (κ3) is 3.48. The Morgan fingerprint density at radius 2 is 2.00 bits per heavy atom. The van der Waals surface area contributed by atoms with E-state index in [4.69, 9.17) is 4.74 Å². The van der Waals surface area contributed by atoms with Gasteiger partial charge in [-0.25, -0.2) is 13.1 Å². The van der Waals surface area contributed by atoms with Gasteiger partial charge in [0, 0.05) is 6.54 Å². The number of nitrogens with one attached hydrogen (secondary N) is 1. The highest BCUT2D eigenvalue weighted by molar-refractivity contribution is 7.90. The van der Waals surface area contributed by atoms with Crippen molar-refractivity contribution in [2.45, 2.75) is 44.3 Å². The topological polar surface area (TPSA) is 72.5 Å². The SMILES string of the molecule is COC(=O)C1CCCC1S(=O)(=O)NCC(C)C1CC1. The smallest absolute Gasteiger partial charge is 0.310 e. The summed E-state index contributed by atoms with van der Waals surface area (Å²) in [6.07, 6.45) is 4.33. The van der Waals surface area contributed by atoms with Crippen molar-refractivity contribution < 1.29 is 17.9 Å². The van der Waals surface area contributed by atoms with Crippen LogP contribution in [0.3, 0.4) is 0 Å². The van der Waals surface area contributed by atoms with Gasteiger partial charge >= 0.3 is 5.97 Å². The quantitative estimate of drug-likeness (QED) is 0.748. The lowest BCUT2D eigenvalue weighted by Crippen LogP contribution is -2.41. The first-order valence-electron chi connectivity index (χ1n) is 7.02. The number of hydrogen-bond acceptors (Lipinski definition) is 4. The summed E-state index contributed by atoms with van der Waals surface area (Å²) in [5.74, 6) is 0.150. The summed E-state index contributed by atoms with van der Waals surface area (Å²) in [6, 6.07) is 0. The first-order chi connectivity index (χ1) is 8.95. The monoisotopic (exact) mass is 289 g/mol. The molecule has 2 saturated carbocycles. The fourth-order valence-electron chi connectivity index (χ4n) is 2.91. The van der Waals surface area contributed by atoms with Crippen molar-refractivity contribution in [2.75, 3.05) is 13.7 Å². The third-order valence-corrected chi connectivity index (χ3v) is 6.32. The van der Waals surface area contributed by atoms with Gasteiger partial charge in [0.15, 0.2) is 0 Å². The molecule has 0 radical (unpaired) electrons. The molecule has 0 bridgehead atoms. The molecular weight excluding hydrogens is 266 g/mol. The molecule has 6 heteroatoms. The van der Waals surface area contributed by atoms with E-state index in [2.05, 4.69) is 11.6 Å². The van der Waals surface area contributed by atoms with E-state index in [1.165, 1.54) is 20.0 Å². The summed E-state index contributed by atoms with van der Waals surface area (Å²) in [5, 5.41) is -0.619. The van der Waals surface area contributed by atoms with Crippen molar-refractivity contribution in [1.82, 2.24) is 4.72 Å². The second-order valence-electron chi connectivity index (χ2n) is 5.81. The lowest BCUT2D eigenvalue weighted by molar-refractivity contribution is -0.145. The molecule has 2 aliphatic carbocycles. The van der Waals surface area contributed by atoms with Gasteiger partial charge in [-0.15, -0.1) is 0 Å². The van der Waals surface area contributed by atoms with Crippen LogP contribution >= 0.6 is 0 Å². The molecule has 2 rings (SSSR count). The maximum Gasteiger partial charge on any atom is 0.310 e. The molecule has 0 aromatic carbocycles. The minimum atomic E-state index is -3.42. The molecule has 0 aromatic rings. The second-order valence-corrected chi connectivity index (χ2v) is 7.79. The Morgan fingerprint density at radius 1 is 1.32 bits per heavy atom. The molecule has 1 N–H and O–H groups in total. The van der Waals surface area contributed by atoms with E-state index in [0.717, 1.165) is 6.42 Å². The molecule has 2 fully saturated rings. The minimum Gasteiger partial charge on any atom is -0.469 e. The van der Waals surface area contributed by atoms with Gasteiger partial charge in [0.25, 0.3) is 0 Å². The van der Waals surface area contributed by atoms with Crippen LogP contribution in [-0.4, -0.2) is 33.3 Å². The highest BCUT2D eigenvalue weighted by atomic mass is 32.2. The van der Waals surface area contributed by atoms with Gasteiger partial charge in [-0.05, 0) is 37.5 Å². The maximum absolute atomic E-state index is 12.3. The van der Waals surface area contributed by atoms with Crippen molar-refractivity contribution >= 4 is 16.0 Å². The molecule has 0 saturated heterocycles. The number of rotatable bonds is 6. The Kier molecular flexibility index (Phi) is 4.50. The molecule has 3 unspecified atom stereocenters. The van der Waals surface area contributed by atoms with E-state index in [1.807, 2.05) is 0 Å². The molecule has 110 valence electrons. The standard InChI is InChI=1S/C13H23NO4S/c1-9(10-6-7-10)8-14-19(16,17)12-5-3-4-11(12)13(15)18-2/h9-12,14H,3-8H2,1-2H3. The van der Waals surface area contributed by atoms with E-state index in [0.29, 0.717) is 31.2 Å². The first kappa shape index (κ1) is 14.8. The van der Waals surface area contributed by atoms with Crippen molar-refractivity contribution in [1.29, 1.82) is 0 Å². The molecule has 0 spiro atoms. The molecule has 0 aromatic heterocycles. The summed E-state index contributed by atoms with van der Waals surface area (Å²) in [6.45, 7) is 2.56. The second kappa shape index (κ2) is 5.79. The summed E-state index contributed by atoms with van der Waals surface area (Å²) in [7, 11) is -2.10. The summed E-state index contributed by atoms with van der Waals surface area (Å²) < 4.78 is 32.0. The van der Waals surface area contributed by atoms with Crippen LogP contribution in [-0.2, 0) is 19.6 Å². The largest absolute Gasteiger partial charge is 0.469 e. The van der Waals surface area contributed by atoms with Gasteiger partial charge in [0.1, 0.15) is 0 Å². The van der Waals surface area contributed by atoms with E-state index in [1.54, 1.807) is 0 Å². The lowest BCUT2D eigenvalue weighted by Gasteiger charge is -2.20. The van der Waals surface area contributed by atoms with Crippen LogP contribution in [0.15, 0.2) is 0 Å². The van der Waals surface area contributed by atoms with Crippen LogP contribution in [0.2, 0.25) is 0 Å². The lowest BCUT2D eigenvalue weighted by atomic mass is 10.1. The number of carbonyl (C=O) groups excluding carboxylic acids is 1. The average Bonchev–Trinajstić information content (AvgIpc) is 3.11. The molecule has 2 aliphatic rings. The molecule has 0 aliphatic heterocycles. The van der Waals surface area contributed by atoms with Crippen LogP contribution < -0.4 is 4.72 Å². The van der Waals surface area contributed by atoms with Gasteiger partial charge < -0.3 is 4.74 Å². The minimum absolute atomic E-state index is 0.382. The average molecular weight is 289 g/mol. The van der Waals surface area contributed by atoms with Crippen LogP contribution in [0.4, 0.5) is 0 Å². The molecule has 19 heavy (non-hydrogen) atoms. The predicted octanol–water partition coefficient (Wildman–Crippen LogP) is 1.29. The highest BCUT2D eigenvalue weighted by Gasteiger charge is 2.42. The van der Waals surface area contributed by atoms with Crippen molar-refractivity contribution in [2.24, 2.45) is 17.8 Å². The molecular formula is C13H23NO4S. The Hall–Kier alpha value is -0.620. The summed E-state index contributed by atoms with van der Waals surface area (Å²) in [5.41, 5.74) is 0. The van der Waals surface area contributed by atoms with Crippen molar-refractivity contribution in [3.63, 3.8) is 0 Å². The number of methoxy groups -OCH3 is 1. The molecule has 5 nitrogen and oxygen atoms in total. The maximum atomic E-state index is 12.3. The van der Waals surface area contributed by atoms with Crippen molar-refractivity contribution in [3.8, 4) is 0 Å². The fourth-order valence-corrected chi connectivity index (χ4v) is 4.77. The highest BCUT2D eigenvalue weighted by Crippen LogP contribution is 2.36. The van der Waals surface area contributed by atoms with Crippen LogP contribution in [0.5, 0.6) is 0 Å². The van der Waals surface area contributed by atoms with Crippen LogP contribution in [0.25, 0.3) is 0 Å². The van der Waals surface area contributed by atoms with Crippen LogP contribution in [0.1, 0.15) is 39.0 Å². The van der Waals surface area contributed by atoms with Gasteiger partial charge in [0.05, 0.1) is 18.3 Å².